The Bertz CT molecular complexity index is 769. The molecule has 20 heavy (non-hydrogen) atoms. The highest BCUT2D eigenvalue weighted by Crippen LogP contribution is 2.20. The van der Waals surface area contributed by atoms with Gasteiger partial charge >= 0.3 is 0 Å². The number of hydrogen-bond acceptors (Lipinski definition) is 2. The number of nitrogens with one attached hydrogen (secondary N) is 1. The van der Waals surface area contributed by atoms with Crippen LogP contribution in [0.3, 0.4) is 0 Å². The van der Waals surface area contributed by atoms with Gasteiger partial charge in [-0.05, 0) is 37.1 Å². The largest absolute Gasteiger partial charge is 0.322 e. The van der Waals surface area contributed by atoms with E-state index in [0.29, 0.717) is 5.56 Å². The second-order valence-corrected chi connectivity index (χ2v) is 4.86. The number of pyridine rings is 1. The molecule has 0 aliphatic heterocycles. The lowest BCUT2D eigenvalue weighted by molar-refractivity contribution is 0.102. The lowest BCUT2D eigenvalue weighted by Crippen LogP contribution is -2.14. The van der Waals surface area contributed by atoms with Gasteiger partial charge in [-0.2, -0.15) is 0 Å². The Morgan fingerprint density at radius 1 is 1.20 bits per heavy atom. The van der Waals surface area contributed by atoms with E-state index in [0.717, 1.165) is 22.3 Å². The van der Waals surface area contributed by atoms with Crippen molar-refractivity contribution in [2.45, 2.75) is 13.8 Å². The van der Waals surface area contributed by atoms with E-state index in [9.17, 15) is 4.79 Å². The van der Waals surface area contributed by atoms with Gasteiger partial charge in [0.15, 0.2) is 0 Å². The van der Waals surface area contributed by atoms with Gasteiger partial charge in [0.1, 0.15) is 0 Å². The molecule has 0 saturated carbocycles. The molecule has 2 aromatic heterocycles. The van der Waals surface area contributed by atoms with Gasteiger partial charge in [-0.1, -0.05) is 18.2 Å². The molecular weight excluding hydrogens is 250 g/mol. The molecule has 4 nitrogen and oxygen atoms in total. The van der Waals surface area contributed by atoms with Crippen LogP contribution in [0, 0.1) is 13.8 Å². The molecule has 0 saturated heterocycles. The number of aryl methyl sites for hydroxylation is 2. The highest BCUT2D eigenvalue weighted by Gasteiger charge is 2.10. The third kappa shape index (κ3) is 2.16. The maximum Gasteiger partial charge on any atom is 0.255 e. The maximum atomic E-state index is 12.3. The van der Waals surface area contributed by atoms with Gasteiger partial charge in [0.05, 0.1) is 18.0 Å². The summed E-state index contributed by atoms with van der Waals surface area (Å²) in [5.74, 6) is -0.105. The zero-order valence-corrected chi connectivity index (χ0v) is 11.4. The Morgan fingerprint density at radius 2 is 1.95 bits per heavy atom. The summed E-state index contributed by atoms with van der Waals surface area (Å²) < 4.78 is 1.87. The first-order chi connectivity index (χ1) is 9.65. The van der Waals surface area contributed by atoms with Crippen molar-refractivity contribution >= 4 is 17.1 Å². The van der Waals surface area contributed by atoms with Crippen LogP contribution < -0.4 is 5.32 Å². The molecule has 0 bridgehead atoms. The van der Waals surface area contributed by atoms with Crippen molar-refractivity contribution in [2.75, 3.05) is 5.32 Å². The summed E-state index contributed by atoms with van der Waals surface area (Å²) in [4.78, 5) is 16.4. The Morgan fingerprint density at radius 3 is 2.70 bits per heavy atom. The van der Waals surface area contributed by atoms with Gasteiger partial charge < -0.3 is 9.72 Å². The molecule has 0 fully saturated rings. The molecule has 0 aliphatic carbocycles. The minimum atomic E-state index is -0.105. The average Bonchev–Trinajstić information content (AvgIpc) is 2.90. The van der Waals surface area contributed by atoms with Crippen molar-refractivity contribution in [2.24, 2.45) is 0 Å². The molecule has 3 aromatic rings. The van der Waals surface area contributed by atoms with Crippen LogP contribution in [0.2, 0.25) is 0 Å². The van der Waals surface area contributed by atoms with Crippen LogP contribution in [0.4, 0.5) is 5.69 Å². The number of imidazole rings is 1. The third-order valence-electron chi connectivity index (χ3n) is 3.40. The Kier molecular flexibility index (Phi) is 2.99. The fourth-order valence-electron chi connectivity index (χ4n) is 2.26. The molecule has 0 unspecified atom stereocenters. The summed E-state index contributed by atoms with van der Waals surface area (Å²) >= 11 is 0. The predicted molar refractivity (Wildman–Crippen MR) is 79.1 cm³/mol. The van der Waals surface area contributed by atoms with Crippen molar-refractivity contribution in [3.05, 3.63) is 65.7 Å². The van der Waals surface area contributed by atoms with E-state index < -0.39 is 0 Å². The molecule has 0 aliphatic rings. The fourth-order valence-corrected chi connectivity index (χ4v) is 2.26. The van der Waals surface area contributed by atoms with E-state index in [-0.39, 0.29) is 5.91 Å². The number of benzene rings is 1. The van der Waals surface area contributed by atoms with Crippen molar-refractivity contribution in [3.63, 3.8) is 0 Å². The Labute approximate surface area is 117 Å². The van der Waals surface area contributed by atoms with Crippen LogP contribution in [-0.4, -0.2) is 15.3 Å². The van der Waals surface area contributed by atoms with Crippen LogP contribution in [0.25, 0.3) is 5.52 Å². The van der Waals surface area contributed by atoms with Gasteiger partial charge in [-0.25, -0.2) is 4.98 Å². The van der Waals surface area contributed by atoms with E-state index in [1.54, 1.807) is 18.6 Å². The summed E-state index contributed by atoms with van der Waals surface area (Å²) in [7, 11) is 0. The lowest BCUT2D eigenvalue weighted by Gasteiger charge is -2.11. The third-order valence-corrected chi connectivity index (χ3v) is 3.40. The predicted octanol–water partition coefficient (Wildman–Crippen LogP) is 3.20. The first-order valence-corrected chi connectivity index (χ1v) is 6.44. The molecule has 100 valence electrons. The standard InChI is InChI=1S/C16H15N3O/c1-11-4-3-5-12(2)15(11)18-16(20)13-6-7-19-10-17-9-14(19)8-13/h3-10H,1-2H3,(H,18,20). The van der Waals surface area contributed by atoms with Crippen molar-refractivity contribution in [1.29, 1.82) is 0 Å². The molecule has 0 spiro atoms. The molecule has 2 heterocycles. The number of carbonyl (C=O) groups excluding carboxylic acids is 1. The van der Waals surface area contributed by atoms with Crippen molar-refractivity contribution < 1.29 is 4.79 Å². The number of hydrogen-bond donors (Lipinski definition) is 1. The van der Waals surface area contributed by atoms with E-state index in [1.807, 2.05) is 48.7 Å². The number of amides is 1. The molecule has 3 rings (SSSR count). The minimum Gasteiger partial charge on any atom is -0.322 e. The molecule has 1 amide bonds. The number of anilines is 1. The van der Waals surface area contributed by atoms with Crippen LogP contribution in [-0.2, 0) is 0 Å². The second kappa shape index (κ2) is 4.81. The first-order valence-electron chi connectivity index (χ1n) is 6.44. The molecule has 0 atom stereocenters. The number of para-hydroxylation sites is 1. The molecule has 0 radical (unpaired) electrons. The van der Waals surface area contributed by atoms with E-state index in [1.165, 1.54) is 0 Å². The number of aromatic nitrogens is 2. The van der Waals surface area contributed by atoms with Gasteiger partial charge in [-0.3, -0.25) is 4.79 Å². The van der Waals surface area contributed by atoms with E-state index in [4.69, 9.17) is 0 Å². The van der Waals surface area contributed by atoms with Gasteiger partial charge in [0.2, 0.25) is 0 Å². The smallest absolute Gasteiger partial charge is 0.255 e. The van der Waals surface area contributed by atoms with Crippen LogP contribution >= 0.6 is 0 Å². The summed E-state index contributed by atoms with van der Waals surface area (Å²) in [6.07, 6.45) is 5.28. The Balaban J connectivity index is 1.92. The first kappa shape index (κ1) is 12.4. The fraction of sp³-hybridized carbons (Fsp3) is 0.125. The Hall–Kier alpha value is -2.62. The summed E-state index contributed by atoms with van der Waals surface area (Å²) in [5.41, 5.74) is 4.53. The number of fused-ring (bicyclic) bond motifs is 1. The van der Waals surface area contributed by atoms with Crippen LogP contribution in [0.5, 0.6) is 0 Å². The molecular formula is C16H15N3O. The van der Waals surface area contributed by atoms with Gasteiger partial charge in [0, 0.05) is 17.4 Å². The zero-order valence-electron chi connectivity index (χ0n) is 11.4. The van der Waals surface area contributed by atoms with Gasteiger partial charge in [-0.15, -0.1) is 0 Å². The number of nitrogens with zero attached hydrogens (tertiary/aromatic N) is 2. The van der Waals surface area contributed by atoms with Crippen molar-refractivity contribution in [3.8, 4) is 0 Å². The monoisotopic (exact) mass is 265 g/mol. The molecule has 1 aromatic carbocycles. The SMILES string of the molecule is Cc1cccc(C)c1NC(=O)c1ccn2cncc2c1. The topological polar surface area (TPSA) is 46.4 Å². The summed E-state index contributed by atoms with van der Waals surface area (Å²) in [6.45, 7) is 3.98. The highest BCUT2D eigenvalue weighted by molar-refractivity contribution is 6.05. The summed E-state index contributed by atoms with van der Waals surface area (Å²) in [6, 6.07) is 9.58. The number of carbonyl (C=O) groups is 1. The van der Waals surface area contributed by atoms with Crippen molar-refractivity contribution in [1.82, 2.24) is 9.38 Å². The highest BCUT2D eigenvalue weighted by atomic mass is 16.1. The lowest BCUT2D eigenvalue weighted by atomic mass is 10.1. The second-order valence-electron chi connectivity index (χ2n) is 4.86. The van der Waals surface area contributed by atoms with E-state index in [2.05, 4.69) is 10.3 Å². The van der Waals surface area contributed by atoms with Crippen LogP contribution in [0.1, 0.15) is 21.5 Å². The minimum absolute atomic E-state index is 0.105. The zero-order chi connectivity index (χ0) is 14.1. The van der Waals surface area contributed by atoms with Crippen LogP contribution in [0.15, 0.2) is 49.1 Å². The average molecular weight is 265 g/mol. The van der Waals surface area contributed by atoms with E-state index >= 15 is 0 Å². The normalized spacial score (nSPS) is 10.7. The molecule has 4 heteroatoms. The van der Waals surface area contributed by atoms with Gasteiger partial charge in [0.25, 0.3) is 5.91 Å². The molecule has 1 N–H and O–H groups in total. The quantitative estimate of drug-likeness (QED) is 0.773. The summed E-state index contributed by atoms with van der Waals surface area (Å²) in [5, 5.41) is 2.98. The maximum absolute atomic E-state index is 12.3. The number of rotatable bonds is 2.